The van der Waals surface area contributed by atoms with Gasteiger partial charge in [0.05, 0.1) is 33.4 Å². The van der Waals surface area contributed by atoms with Gasteiger partial charge in [0.2, 0.25) is 5.75 Å². The Morgan fingerprint density at radius 1 is 1.13 bits per heavy atom. The van der Waals surface area contributed by atoms with Crippen LogP contribution in [0.15, 0.2) is 36.4 Å². The maximum Gasteiger partial charge on any atom is 0.260 e. The van der Waals surface area contributed by atoms with E-state index in [0.29, 0.717) is 27.9 Å². The molecule has 1 N–H and O–H groups in total. The van der Waals surface area contributed by atoms with Gasteiger partial charge < -0.3 is 19.5 Å². The van der Waals surface area contributed by atoms with Crippen molar-refractivity contribution >= 4 is 23.3 Å². The highest BCUT2D eigenvalue weighted by Crippen LogP contribution is 2.39. The number of hydrogen-bond acceptors (Lipinski definition) is 5. The third-order valence-corrected chi connectivity index (χ3v) is 4.90. The molecular formula is C21H21ClFN3O4. The van der Waals surface area contributed by atoms with Gasteiger partial charge in [-0.15, -0.1) is 0 Å². The van der Waals surface area contributed by atoms with Gasteiger partial charge in [-0.1, -0.05) is 17.7 Å². The monoisotopic (exact) mass is 433 g/mol. The first-order valence-corrected chi connectivity index (χ1v) is 9.35. The molecule has 7 nitrogen and oxygen atoms in total. The molecule has 0 saturated carbocycles. The standard InChI is InChI=1S/C21H21ClFN3O4/c1-12-10-18(25-26(12)11-14-15(22)6-5-7-16(14)23)24-21(27)13-8-9-17(28-2)20(30-4)19(13)29-3/h5-10H,11H2,1-4H3,(H,24,25,27). The van der Waals surface area contributed by atoms with E-state index in [4.69, 9.17) is 25.8 Å². The average Bonchev–Trinajstić information content (AvgIpc) is 3.07. The number of nitrogens with zero attached hydrogens (tertiary/aromatic N) is 2. The number of halogens is 2. The summed E-state index contributed by atoms with van der Waals surface area (Å²) in [5, 5.41) is 7.38. The Bertz CT molecular complexity index is 1060. The fourth-order valence-electron chi connectivity index (χ4n) is 3.03. The number of anilines is 1. The van der Waals surface area contributed by atoms with Gasteiger partial charge in [-0.3, -0.25) is 9.48 Å². The number of carbonyl (C=O) groups is 1. The van der Waals surface area contributed by atoms with Crippen LogP contribution in [0.3, 0.4) is 0 Å². The molecule has 30 heavy (non-hydrogen) atoms. The zero-order valence-electron chi connectivity index (χ0n) is 17.0. The van der Waals surface area contributed by atoms with Crippen molar-refractivity contribution in [3.8, 4) is 17.2 Å². The van der Waals surface area contributed by atoms with Gasteiger partial charge in [-0.25, -0.2) is 4.39 Å². The second-order valence-corrected chi connectivity index (χ2v) is 6.77. The van der Waals surface area contributed by atoms with Crippen LogP contribution in [-0.4, -0.2) is 37.0 Å². The molecule has 0 aliphatic rings. The Balaban J connectivity index is 1.86. The van der Waals surface area contributed by atoms with E-state index in [0.717, 1.165) is 5.69 Å². The van der Waals surface area contributed by atoms with Gasteiger partial charge in [0, 0.05) is 22.3 Å². The van der Waals surface area contributed by atoms with Gasteiger partial charge in [0.1, 0.15) is 5.82 Å². The molecule has 1 heterocycles. The van der Waals surface area contributed by atoms with Crippen molar-refractivity contribution < 1.29 is 23.4 Å². The maximum absolute atomic E-state index is 14.1. The van der Waals surface area contributed by atoms with Crippen LogP contribution in [0.25, 0.3) is 0 Å². The van der Waals surface area contributed by atoms with Crippen molar-refractivity contribution in [2.45, 2.75) is 13.5 Å². The molecule has 0 unspecified atom stereocenters. The van der Waals surface area contributed by atoms with Crippen LogP contribution in [0.5, 0.6) is 17.2 Å². The van der Waals surface area contributed by atoms with E-state index in [9.17, 15) is 9.18 Å². The van der Waals surface area contributed by atoms with E-state index in [1.54, 1.807) is 41.9 Å². The van der Waals surface area contributed by atoms with Crippen LogP contribution < -0.4 is 19.5 Å². The van der Waals surface area contributed by atoms with Crippen molar-refractivity contribution in [3.63, 3.8) is 0 Å². The Kier molecular flexibility index (Phi) is 6.47. The van der Waals surface area contributed by atoms with Gasteiger partial charge in [-0.2, -0.15) is 5.10 Å². The number of amides is 1. The van der Waals surface area contributed by atoms with E-state index in [1.807, 2.05) is 0 Å². The molecule has 3 rings (SSSR count). The Morgan fingerprint density at radius 3 is 2.50 bits per heavy atom. The number of benzene rings is 2. The van der Waals surface area contributed by atoms with E-state index in [1.165, 1.54) is 27.4 Å². The molecule has 3 aromatic rings. The normalized spacial score (nSPS) is 10.6. The maximum atomic E-state index is 14.1. The highest BCUT2D eigenvalue weighted by atomic mass is 35.5. The molecule has 0 fully saturated rings. The average molecular weight is 434 g/mol. The lowest BCUT2D eigenvalue weighted by molar-refractivity contribution is 0.102. The van der Waals surface area contributed by atoms with Crippen molar-refractivity contribution in [2.75, 3.05) is 26.6 Å². The summed E-state index contributed by atoms with van der Waals surface area (Å²) >= 11 is 6.10. The minimum Gasteiger partial charge on any atom is -0.493 e. The summed E-state index contributed by atoms with van der Waals surface area (Å²) in [6.07, 6.45) is 0. The second kappa shape index (κ2) is 9.04. The predicted octanol–water partition coefficient (Wildman–Crippen LogP) is 4.31. The summed E-state index contributed by atoms with van der Waals surface area (Å²) < 4.78 is 31.6. The fourth-order valence-corrected chi connectivity index (χ4v) is 3.25. The quantitative estimate of drug-likeness (QED) is 0.601. The van der Waals surface area contributed by atoms with Crippen LogP contribution in [0.4, 0.5) is 10.2 Å². The van der Waals surface area contributed by atoms with Gasteiger partial charge in [0.25, 0.3) is 5.91 Å². The molecule has 0 saturated heterocycles. The molecule has 1 aromatic heterocycles. The van der Waals surface area contributed by atoms with Crippen molar-refractivity contribution in [1.29, 1.82) is 0 Å². The highest BCUT2D eigenvalue weighted by molar-refractivity contribution is 6.31. The molecular weight excluding hydrogens is 413 g/mol. The summed E-state index contributed by atoms with van der Waals surface area (Å²) in [7, 11) is 4.39. The molecule has 0 atom stereocenters. The molecule has 0 bridgehead atoms. The number of aryl methyl sites for hydroxylation is 1. The first kappa shape index (κ1) is 21.4. The molecule has 2 aromatic carbocycles. The third kappa shape index (κ3) is 4.18. The van der Waals surface area contributed by atoms with E-state index in [-0.39, 0.29) is 17.9 Å². The van der Waals surface area contributed by atoms with Gasteiger partial charge in [0.15, 0.2) is 17.3 Å². The first-order chi connectivity index (χ1) is 14.4. The first-order valence-electron chi connectivity index (χ1n) is 8.97. The molecule has 0 spiro atoms. The van der Waals surface area contributed by atoms with E-state index < -0.39 is 11.7 Å². The Morgan fingerprint density at radius 2 is 1.87 bits per heavy atom. The number of rotatable bonds is 7. The van der Waals surface area contributed by atoms with Gasteiger partial charge in [-0.05, 0) is 31.2 Å². The zero-order chi connectivity index (χ0) is 21.8. The highest BCUT2D eigenvalue weighted by Gasteiger charge is 2.21. The molecule has 0 aliphatic heterocycles. The van der Waals surface area contributed by atoms with Crippen molar-refractivity contribution in [1.82, 2.24) is 9.78 Å². The van der Waals surface area contributed by atoms with Crippen molar-refractivity contribution in [2.24, 2.45) is 0 Å². The zero-order valence-corrected chi connectivity index (χ0v) is 17.7. The van der Waals surface area contributed by atoms with Crippen LogP contribution in [0.1, 0.15) is 21.6 Å². The summed E-state index contributed by atoms with van der Waals surface area (Å²) in [5.74, 6) is 0.432. The van der Waals surface area contributed by atoms with Gasteiger partial charge >= 0.3 is 0 Å². The molecule has 0 radical (unpaired) electrons. The summed E-state index contributed by atoms with van der Waals surface area (Å²) in [6.45, 7) is 1.93. The Labute approximate surface area is 178 Å². The molecule has 158 valence electrons. The number of hydrogen-bond donors (Lipinski definition) is 1. The molecule has 0 aliphatic carbocycles. The lowest BCUT2D eigenvalue weighted by Gasteiger charge is -2.15. The largest absolute Gasteiger partial charge is 0.493 e. The lowest BCUT2D eigenvalue weighted by atomic mass is 10.1. The number of carbonyl (C=O) groups excluding carboxylic acids is 1. The van der Waals surface area contributed by atoms with E-state index >= 15 is 0 Å². The van der Waals surface area contributed by atoms with Crippen LogP contribution in [0.2, 0.25) is 5.02 Å². The molecule has 9 heteroatoms. The lowest BCUT2D eigenvalue weighted by Crippen LogP contribution is -2.15. The number of ether oxygens (including phenoxy) is 3. The minimum atomic E-state index is -0.443. The number of methoxy groups -OCH3 is 3. The number of aromatic nitrogens is 2. The van der Waals surface area contributed by atoms with Crippen molar-refractivity contribution in [3.05, 3.63) is 64.1 Å². The summed E-state index contributed by atoms with van der Waals surface area (Å²) in [6, 6.07) is 9.36. The minimum absolute atomic E-state index is 0.132. The topological polar surface area (TPSA) is 74.6 Å². The molecule has 1 amide bonds. The second-order valence-electron chi connectivity index (χ2n) is 6.36. The summed E-state index contributed by atoms with van der Waals surface area (Å²) in [5.41, 5.74) is 1.30. The fraction of sp³-hybridized carbons (Fsp3) is 0.238. The SMILES string of the molecule is COc1ccc(C(=O)Nc2cc(C)n(Cc3c(F)cccc3Cl)n2)c(OC)c1OC. The third-order valence-electron chi connectivity index (χ3n) is 4.54. The Hall–Kier alpha value is -3.26. The smallest absolute Gasteiger partial charge is 0.260 e. The van der Waals surface area contributed by atoms with Crippen LogP contribution >= 0.6 is 11.6 Å². The van der Waals surface area contributed by atoms with Crippen LogP contribution in [0, 0.1) is 12.7 Å². The van der Waals surface area contributed by atoms with E-state index in [2.05, 4.69) is 10.4 Å². The van der Waals surface area contributed by atoms with Crippen LogP contribution in [-0.2, 0) is 6.54 Å². The summed E-state index contributed by atoms with van der Waals surface area (Å²) in [4.78, 5) is 12.8. The predicted molar refractivity (Wildman–Crippen MR) is 112 cm³/mol. The number of nitrogens with one attached hydrogen (secondary N) is 1.